The Morgan fingerprint density at radius 1 is 0.442 bits per heavy atom. The normalized spacial score (nSPS) is 11.1. The minimum Gasteiger partial charge on any atom is -0.310 e. The molecule has 0 unspecified atom stereocenters. The molecule has 0 saturated carbocycles. The maximum atomic E-state index is 7.97. The Morgan fingerprint density at radius 3 is 1.77 bits per heavy atom. The van der Waals surface area contributed by atoms with Crippen LogP contribution in [-0.2, 0) is 0 Å². The van der Waals surface area contributed by atoms with Gasteiger partial charge in [0, 0.05) is 44.6 Å². The number of para-hydroxylation sites is 4. The summed E-state index contributed by atoms with van der Waals surface area (Å²) in [5.41, 5.74) is 12.8. The first kappa shape index (κ1) is 30.8. The van der Waals surface area contributed by atoms with E-state index >= 15 is 0 Å². The van der Waals surface area contributed by atoms with Gasteiger partial charge in [-0.25, -0.2) is 9.83 Å². The minimum absolute atomic E-state index is 0.616. The summed E-state index contributed by atoms with van der Waals surface area (Å²) >= 11 is 0. The fourth-order valence-electron chi connectivity index (χ4n) is 7.20. The van der Waals surface area contributed by atoms with Gasteiger partial charge in [0.2, 0.25) is 0 Å². The van der Waals surface area contributed by atoms with Crippen molar-refractivity contribution >= 4 is 44.6 Å². The van der Waals surface area contributed by atoms with Crippen LogP contribution in [0.4, 0.5) is 22.7 Å². The van der Waals surface area contributed by atoms with Gasteiger partial charge in [0.05, 0.1) is 29.0 Å². The van der Waals surface area contributed by atoms with Crippen LogP contribution in [0.25, 0.3) is 66.0 Å². The van der Waals surface area contributed by atoms with Gasteiger partial charge in [-0.2, -0.15) is 0 Å². The van der Waals surface area contributed by atoms with Crippen molar-refractivity contribution in [3.05, 3.63) is 206 Å². The predicted molar refractivity (Wildman–Crippen MR) is 216 cm³/mol. The van der Waals surface area contributed by atoms with Crippen LogP contribution in [0.1, 0.15) is 0 Å². The maximum absolute atomic E-state index is 7.97. The summed E-state index contributed by atoms with van der Waals surface area (Å²) in [5, 5.41) is 2.32. The summed E-state index contributed by atoms with van der Waals surface area (Å²) < 4.78 is 2.35. The molecule has 0 fully saturated rings. The van der Waals surface area contributed by atoms with E-state index in [1.165, 1.54) is 0 Å². The SMILES string of the molecule is [C-]#[N+]c1ccccc1-c1cc(-c2cccc(-c3ccccc3)n2)cc(-n2c3ccccc3c3cc(N(c4ccccc4)c4ccccc4)ccc32)c1. The Kier molecular flexibility index (Phi) is 7.85. The molecule has 2 aromatic heterocycles. The number of rotatable bonds is 7. The first-order valence-corrected chi connectivity index (χ1v) is 17.3. The zero-order valence-corrected chi connectivity index (χ0v) is 28.3. The molecule has 0 N–H and O–H groups in total. The molecule has 0 bridgehead atoms. The molecule has 2 heterocycles. The molecular formula is C48H32N4. The highest BCUT2D eigenvalue weighted by Gasteiger charge is 2.19. The average Bonchev–Trinajstić information content (AvgIpc) is 3.56. The Balaban J connectivity index is 1.28. The highest BCUT2D eigenvalue weighted by atomic mass is 15.1. The molecule has 0 amide bonds. The number of hydrogen-bond acceptors (Lipinski definition) is 2. The molecule has 0 spiro atoms. The molecule has 0 aliphatic heterocycles. The summed E-state index contributed by atoms with van der Waals surface area (Å²) in [5.74, 6) is 0. The molecule has 9 aromatic rings. The van der Waals surface area contributed by atoms with E-state index in [1.54, 1.807) is 0 Å². The van der Waals surface area contributed by atoms with Crippen molar-refractivity contribution in [2.24, 2.45) is 0 Å². The van der Waals surface area contributed by atoms with Crippen molar-refractivity contribution in [2.75, 3.05) is 4.90 Å². The van der Waals surface area contributed by atoms with Crippen LogP contribution < -0.4 is 4.90 Å². The second kappa shape index (κ2) is 13.2. The van der Waals surface area contributed by atoms with Crippen molar-refractivity contribution in [1.29, 1.82) is 0 Å². The highest BCUT2D eigenvalue weighted by Crippen LogP contribution is 2.41. The van der Waals surface area contributed by atoms with E-state index in [0.717, 1.165) is 78.2 Å². The Hall–Kier alpha value is -7.22. The van der Waals surface area contributed by atoms with E-state index in [-0.39, 0.29) is 0 Å². The van der Waals surface area contributed by atoms with Crippen LogP contribution in [0.15, 0.2) is 194 Å². The molecule has 7 aromatic carbocycles. The molecule has 0 radical (unpaired) electrons. The second-order valence-electron chi connectivity index (χ2n) is 12.7. The van der Waals surface area contributed by atoms with Crippen molar-refractivity contribution in [3.63, 3.8) is 0 Å². The highest BCUT2D eigenvalue weighted by molar-refractivity contribution is 6.11. The lowest BCUT2D eigenvalue weighted by Gasteiger charge is -2.25. The molecule has 0 saturated heterocycles. The van der Waals surface area contributed by atoms with Gasteiger partial charge in [-0.1, -0.05) is 115 Å². The molecule has 0 aliphatic carbocycles. The number of nitrogens with zero attached hydrogens (tertiary/aromatic N) is 4. The van der Waals surface area contributed by atoms with Crippen LogP contribution in [0.5, 0.6) is 0 Å². The molecule has 0 atom stereocenters. The average molecular weight is 665 g/mol. The third-order valence-electron chi connectivity index (χ3n) is 9.57. The number of fused-ring (bicyclic) bond motifs is 3. The predicted octanol–water partition coefficient (Wildman–Crippen LogP) is 13.2. The smallest absolute Gasteiger partial charge is 0.194 e. The summed E-state index contributed by atoms with van der Waals surface area (Å²) in [6.07, 6.45) is 0. The number of anilines is 3. The first-order chi connectivity index (χ1) is 25.7. The quantitative estimate of drug-likeness (QED) is 0.158. The fraction of sp³-hybridized carbons (Fsp3) is 0. The standard InChI is InChI=1S/C48H32N4/c1-49-46-24-13-11-22-41(46)35-30-36(45-26-15-25-44(50-45)34-16-5-2-6-17-34)32-40(31-35)52-47-27-14-12-23-42(47)43-33-39(28-29-48(43)52)51(37-18-7-3-8-19-37)38-20-9-4-10-21-38/h2-33H. The van der Waals surface area contributed by atoms with Gasteiger partial charge in [-0.3, -0.25) is 0 Å². The van der Waals surface area contributed by atoms with E-state index in [4.69, 9.17) is 11.6 Å². The summed E-state index contributed by atoms with van der Waals surface area (Å²) in [7, 11) is 0. The van der Waals surface area contributed by atoms with Crippen molar-refractivity contribution < 1.29 is 0 Å². The third kappa shape index (κ3) is 5.57. The Labute approximate surface area is 303 Å². The van der Waals surface area contributed by atoms with Crippen LogP contribution >= 0.6 is 0 Å². The van der Waals surface area contributed by atoms with Crippen LogP contribution in [0, 0.1) is 6.57 Å². The van der Waals surface area contributed by atoms with Crippen LogP contribution in [0.3, 0.4) is 0 Å². The van der Waals surface area contributed by atoms with Crippen LogP contribution in [0.2, 0.25) is 0 Å². The summed E-state index contributed by atoms with van der Waals surface area (Å²) in [6.45, 7) is 7.97. The molecule has 4 nitrogen and oxygen atoms in total. The van der Waals surface area contributed by atoms with E-state index in [1.807, 2.05) is 42.5 Å². The lowest BCUT2D eigenvalue weighted by Crippen LogP contribution is -2.09. The third-order valence-corrected chi connectivity index (χ3v) is 9.57. The number of hydrogen-bond donors (Lipinski definition) is 0. The van der Waals surface area contributed by atoms with Crippen LogP contribution in [-0.4, -0.2) is 9.55 Å². The minimum atomic E-state index is 0.616. The van der Waals surface area contributed by atoms with Gasteiger partial charge in [0.1, 0.15) is 0 Å². The van der Waals surface area contributed by atoms with Gasteiger partial charge in [0.25, 0.3) is 0 Å². The largest absolute Gasteiger partial charge is 0.310 e. The Morgan fingerprint density at radius 2 is 1.04 bits per heavy atom. The molecule has 9 rings (SSSR count). The zero-order valence-electron chi connectivity index (χ0n) is 28.3. The number of pyridine rings is 1. The molecular weight excluding hydrogens is 633 g/mol. The molecule has 4 heteroatoms. The van der Waals surface area contributed by atoms with Crippen molar-refractivity contribution in [1.82, 2.24) is 9.55 Å². The Bertz CT molecular complexity index is 2700. The molecule has 0 aliphatic rings. The van der Waals surface area contributed by atoms with Gasteiger partial charge >= 0.3 is 0 Å². The van der Waals surface area contributed by atoms with E-state index in [2.05, 4.69) is 166 Å². The fourth-order valence-corrected chi connectivity index (χ4v) is 7.20. The van der Waals surface area contributed by atoms with Gasteiger partial charge < -0.3 is 9.47 Å². The van der Waals surface area contributed by atoms with Gasteiger partial charge in [0.15, 0.2) is 5.69 Å². The zero-order chi connectivity index (χ0) is 34.9. The molecule has 52 heavy (non-hydrogen) atoms. The van der Waals surface area contributed by atoms with E-state index < -0.39 is 0 Å². The van der Waals surface area contributed by atoms with E-state index in [0.29, 0.717) is 5.69 Å². The van der Waals surface area contributed by atoms with E-state index in [9.17, 15) is 0 Å². The number of benzene rings is 7. The summed E-state index contributed by atoms with van der Waals surface area (Å²) in [6, 6.07) is 67.2. The lowest BCUT2D eigenvalue weighted by atomic mass is 9.98. The van der Waals surface area contributed by atoms with Gasteiger partial charge in [-0.05, 0) is 90.0 Å². The first-order valence-electron chi connectivity index (χ1n) is 17.3. The van der Waals surface area contributed by atoms with Crippen molar-refractivity contribution in [3.8, 4) is 39.3 Å². The van der Waals surface area contributed by atoms with Crippen molar-refractivity contribution in [2.45, 2.75) is 0 Å². The summed E-state index contributed by atoms with van der Waals surface area (Å²) in [4.78, 5) is 11.3. The molecule has 244 valence electrons. The second-order valence-corrected chi connectivity index (χ2v) is 12.7. The maximum Gasteiger partial charge on any atom is 0.194 e. The topological polar surface area (TPSA) is 25.4 Å². The number of aromatic nitrogens is 2. The van der Waals surface area contributed by atoms with Gasteiger partial charge in [-0.15, -0.1) is 0 Å². The lowest BCUT2D eigenvalue weighted by molar-refractivity contribution is 1.18. The monoisotopic (exact) mass is 664 g/mol.